The van der Waals surface area contributed by atoms with Gasteiger partial charge in [0, 0.05) is 5.69 Å². The summed E-state index contributed by atoms with van der Waals surface area (Å²) in [6, 6.07) is 12.5. The maximum Gasteiger partial charge on any atom is 0.121 e. The van der Waals surface area contributed by atoms with Crippen LogP contribution in [-0.4, -0.2) is 7.11 Å². The van der Waals surface area contributed by atoms with E-state index in [2.05, 4.69) is 37.3 Å². The summed E-state index contributed by atoms with van der Waals surface area (Å²) in [5.41, 5.74) is 11.6. The lowest BCUT2D eigenvalue weighted by Gasteiger charge is -2.09. The zero-order chi connectivity index (χ0) is 13.1. The van der Waals surface area contributed by atoms with Crippen LogP contribution in [0.2, 0.25) is 0 Å². The molecule has 0 saturated carbocycles. The van der Waals surface area contributed by atoms with Gasteiger partial charge in [0.05, 0.1) is 7.11 Å². The number of benzene rings is 2. The maximum absolute atomic E-state index is 5.93. The molecule has 2 rings (SSSR count). The predicted molar refractivity (Wildman–Crippen MR) is 76.1 cm³/mol. The van der Waals surface area contributed by atoms with E-state index in [9.17, 15) is 0 Å². The van der Waals surface area contributed by atoms with Gasteiger partial charge in [-0.05, 0) is 54.7 Å². The molecule has 0 aliphatic heterocycles. The average molecular weight is 241 g/mol. The minimum atomic E-state index is 0.859. The molecule has 2 aromatic rings. The molecular weight excluding hydrogens is 222 g/mol. The van der Waals surface area contributed by atoms with Crippen LogP contribution in [0.3, 0.4) is 0 Å². The van der Waals surface area contributed by atoms with Crippen molar-refractivity contribution in [3.05, 3.63) is 58.7 Å². The number of anilines is 1. The number of aryl methyl sites for hydroxylation is 2. The first-order chi connectivity index (χ1) is 8.60. The minimum absolute atomic E-state index is 0.859. The molecule has 0 atom stereocenters. The number of nitrogen functional groups attached to an aromatic ring is 1. The van der Waals surface area contributed by atoms with Crippen molar-refractivity contribution in [1.82, 2.24) is 0 Å². The molecule has 0 bridgehead atoms. The zero-order valence-corrected chi connectivity index (χ0v) is 11.2. The third-order valence-corrected chi connectivity index (χ3v) is 3.21. The van der Waals surface area contributed by atoms with Gasteiger partial charge in [0.25, 0.3) is 0 Å². The summed E-state index contributed by atoms with van der Waals surface area (Å²) in [5.74, 6) is 0.933. The fourth-order valence-electron chi connectivity index (χ4n) is 2.09. The lowest BCUT2D eigenvalue weighted by atomic mass is 10.0. The van der Waals surface area contributed by atoms with E-state index in [0.717, 1.165) is 29.0 Å². The topological polar surface area (TPSA) is 35.2 Å². The molecule has 2 nitrogen and oxygen atoms in total. The summed E-state index contributed by atoms with van der Waals surface area (Å²) >= 11 is 0. The van der Waals surface area contributed by atoms with Gasteiger partial charge in [-0.3, -0.25) is 0 Å². The smallest absolute Gasteiger partial charge is 0.121 e. The number of hydrogen-bond acceptors (Lipinski definition) is 2. The molecule has 0 heterocycles. The van der Waals surface area contributed by atoms with Gasteiger partial charge in [0.1, 0.15) is 5.75 Å². The average Bonchev–Trinajstić information content (AvgIpc) is 2.34. The zero-order valence-electron chi connectivity index (χ0n) is 11.2. The van der Waals surface area contributed by atoms with Gasteiger partial charge in [-0.1, -0.05) is 24.3 Å². The molecule has 0 unspecified atom stereocenters. The summed E-state index contributed by atoms with van der Waals surface area (Å²) in [7, 11) is 1.70. The third kappa shape index (κ3) is 2.65. The maximum atomic E-state index is 5.93. The lowest BCUT2D eigenvalue weighted by molar-refractivity contribution is 0.411. The molecule has 0 saturated heterocycles. The standard InChI is InChI=1S/C16H19NO/c1-11-4-5-14(10-15(11)17)9-13-6-7-16(18-3)12(2)8-13/h4-8,10H,9,17H2,1-3H3. The second-order valence-electron chi connectivity index (χ2n) is 4.67. The van der Waals surface area contributed by atoms with E-state index in [4.69, 9.17) is 10.5 Å². The molecule has 2 heteroatoms. The normalized spacial score (nSPS) is 10.4. The Morgan fingerprint density at radius 3 is 2.22 bits per heavy atom. The van der Waals surface area contributed by atoms with Crippen LogP contribution in [0.25, 0.3) is 0 Å². The van der Waals surface area contributed by atoms with E-state index < -0.39 is 0 Å². The summed E-state index contributed by atoms with van der Waals surface area (Å²) in [4.78, 5) is 0. The molecule has 94 valence electrons. The van der Waals surface area contributed by atoms with E-state index in [1.54, 1.807) is 7.11 Å². The molecule has 0 aromatic heterocycles. The van der Waals surface area contributed by atoms with E-state index in [1.807, 2.05) is 13.0 Å². The van der Waals surface area contributed by atoms with E-state index >= 15 is 0 Å². The number of ether oxygens (including phenoxy) is 1. The summed E-state index contributed by atoms with van der Waals surface area (Å²) in [6.07, 6.45) is 0.898. The van der Waals surface area contributed by atoms with Crippen molar-refractivity contribution in [2.24, 2.45) is 0 Å². The molecule has 2 aromatic carbocycles. The van der Waals surface area contributed by atoms with Gasteiger partial charge < -0.3 is 10.5 Å². The second kappa shape index (κ2) is 5.13. The van der Waals surface area contributed by atoms with Gasteiger partial charge in [-0.2, -0.15) is 0 Å². The Kier molecular flexibility index (Phi) is 3.56. The Balaban J connectivity index is 2.23. The fourth-order valence-corrected chi connectivity index (χ4v) is 2.09. The van der Waals surface area contributed by atoms with Crippen LogP contribution >= 0.6 is 0 Å². The van der Waals surface area contributed by atoms with Gasteiger partial charge >= 0.3 is 0 Å². The van der Waals surface area contributed by atoms with Gasteiger partial charge in [-0.15, -0.1) is 0 Å². The highest BCUT2D eigenvalue weighted by Crippen LogP contribution is 2.21. The first-order valence-electron chi connectivity index (χ1n) is 6.08. The van der Waals surface area contributed by atoms with Gasteiger partial charge in [0.2, 0.25) is 0 Å². The van der Waals surface area contributed by atoms with Crippen molar-refractivity contribution >= 4 is 5.69 Å². The Morgan fingerprint density at radius 1 is 0.944 bits per heavy atom. The van der Waals surface area contributed by atoms with Crippen molar-refractivity contribution < 1.29 is 4.74 Å². The van der Waals surface area contributed by atoms with Gasteiger partial charge in [0.15, 0.2) is 0 Å². The molecule has 0 amide bonds. The molecule has 0 radical (unpaired) electrons. The SMILES string of the molecule is COc1ccc(Cc2ccc(C)c(N)c2)cc1C. The minimum Gasteiger partial charge on any atom is -0.496 e. The molecule has 0 aliphatic carbocycles. The van der Waals surface area contributed by atoms with Crippen LogP contribution in [0, 0.1) is 13.8 Å². The quantitative estimate of drug-likeness (QED) is 0.835. The second-order valence-corrected chi connectivity index (χ2v) is 4.67. The molecule has 2 N–H and O–H groups in total. The number of methoxy groups -OCH3 is 1. The third-order valence-electron chi connectivity index (χ3n) is 3.21. The van der Waals surface area contributed by atoms with Gasteiger partial charge in [-0.25, -0.2) is 0 Å². The van der Waals surface area contributed by atoms with Crippen LogP contribution in [0.4, 0.5) is 5.69 Å². The van der Waals surface area contributed by atoms with E-state index in [1.165, 1.54) is 11.1 Å². The number of nitrogens with two attached hydrogens (primary N) is 1. The van der Waals surface area contributed by atoms with Crippen molar-refractivity contribution in [3.63, 3.8) is 0 Å². The van der Waals surface area contributed by atoms with Crippen LogP contribution in [-0.2, 0) is 6.42 Å². The van der Waals surface area contributed by atoms with Crippen molar-refractivity contribution in [3.8, 4) is 5.75 Å². The number of hydrogen-bond donors (Lipinski definition) is 1. The summed E-state index contributed by atoms with van der Waals surface area (Å²) in [5, 5.41) is 0. The predicted octanol–water partition coefficient (Wildman–Crippen LogP) is 3.49. The largest absolute Gasteiger partial charge is 0.496 e. The highest BCUT2D eigenvalue weighted by Gasteiger charge is 2.02. The molecule has 0 spiro atoms. The van der Waals surface area contributed by atoms with E-state index in [-0.39, 0.29) is 0 Å². The van der Waals surface area contributed by atoms with Crippen LogP contribution in [0.15, 0.2) is 36.4 Å². The molecule has 0 aliphatic rings. The Labute approximate surface area is 108 Å². The van der Waals surface area contributed by atoms with Crippen LogP contribution in [0.5, 0.6) is 5.75 Å². The Bertz CT molecular complexity index is 561. The first kappa shape index (κ1) is 12.5. The van der Waals surface area contributed by atoms with Crippen molar-refractivity contribution in [1.29, 1.82) is 0 Å². The van der Waals surface area contributed by atoms with E-state index in [0.29, 0.717) is 0 Å². The lowest BCUT2D eigenvalue weighted by Crippen LogP contribution is -1.95. The Morgan fingerprint density at radius 2 is 1.61 bits per heavy atom. The first-order valence-corrected chi connectivity index (χ1v) is 6.08. The molecule has 0 fully saturated rings. The van der Waals surface area contributed by atoms with Crippen LogP contribution < -0.4 is 10.5 Å². The van der Waals surface area contributed by atoms with Crippen molar-refractivity contribution in [2.75, 3.05) is 12.8 Å². The summed E-state index contributed by atoms with van der Waals surface area (Å²) < 4.78 is 5.27. The number of rotatable bonds is 3. The monoisotopic (exact) mass is 241 g/mol. The Hall–Kier alpha value is -1.96. The molecule has 18 heavy (non-hydrogen) atoms. The fraction of sp³-hybridized carbons (Fsp3) is 0.250. The molecular formula is C16H19NO. The highest BCUT2D eigenvalue weighted by molar-refractivity contribution is 5.49. The van der Waals surface area contributed by atoms with Crippen molar-refractivity contribution in [2.45, 2.75) is 20.3 Å². The highest BCUT2D eigenvalue weighted by atomic mass is 16.5. The summed E-state index contributed by atoms with van der Waals surface area (Å²) in [6.45, 7) is 4.09. The van der Waals surface area contributed by atoms with Crippen LogP contribution in [0.1, 0.15) is 22.3 Å².